The number of carbonyl (C=O) groups excluding carboxylic acids is 1. The Morgan fingerprint density at radius 3 is 2.43 bits per heavy atom. The van der Waals surface area contributed by atoms with E-state index in [1.54, 1.807) is 12.3 Å². The number of hydrogen-bond donors (Lipinski definition) is 1. The van der Waals surface area contributed by atoms with Gasteiger partial charge in [-0.25, -0.2) is 0 Å². The first-order valence-corrected chi connectivity index (χ1v) is 11.2. The first-order valence-electron chi connectivity index (χ1n) is 11.2. The molecule has 3 heteroatoms. The minimum Gasteiger partial charge on any atom is -0.350 e. The van der Waals surface area contributed by atoms with Gasteiger partial charge in [0.2, 0.25) is 5.91 Å². The quantitative estimate of drug-likeness (QED) is 0.211. The van der Waals surface area contributed by atoms with Gasteiger partial charge in [0, 0.05) is 24.5 Å². The molecule has 0 aliphatic carbocycles. The van der Waals surface area contributed by atoms with Crippen LogP contribution in [0.5, 0.6) is 0 Å². The molecule has 0 saturated carbocycles. The molecule has 1 N–H and O–H groups in total. The van der Waals surface area contributed by atoms with Crippen LogP contribution in [0.15, 0.2) is 48.3 Å². The lowest BCUT2D eigenvalue weighted by molar-refractivity contribution is -0.117. The summed E-state index contributed by atoms with van der Waals surface area (Å²) in [6.07, 6.45) is 22.4. The summed E-state index contributed by atoms with van der Waals surface area (Å²) in [5, 5.41) is 3.07. The predicted molar refractivity (Wildman–Crippen MR) is 120 cm³/mol. The monoisotopic (exact) mass is 384 g/mol. The zero-order chi connectivity index (χ0) is 20.5. The van der Waals surface area contributed by atoms with Gasteiger partial charge in [-0.05, 0) is 63.5 Å². The van der Waals surface area contributed by atoms with E-state index in [2.05, 4.69) is 43.2 Å². The van der Waals surface area contributed by atoms with Gasteiger partial charge in [-0.15, -0.1) is 0 Å². The lowest BCUT2D eigenvalue weighted by atomic mass is 10.0. The lowest BCUT2D eigenvalue weighted by Crippen LogP contribution is -2.31. The van der Waals surface area contributed by atoms with Crippen molar-refractivity contribution >= 4 is 5.91 Å². The van der Waals surface area contributed by atoms with Crippen LogP contribution in [0, 0.1) is 0 Å². The van der Waals surface area contributed by atoms with E-state index in [1.807, 2.05) is 18.3 Å². The molecule has 0 saturated heterocycles. The maximum atomic E-state index is 12.2. The molecule has 1 rings (SSSR count). The second-order valence-electron chi connectivity index (χ2n) is 7.76. The number of rotatable bonds is 15. The van der Waals surface area contributed by atoms with Gasteiger partial charge in [0.15, 0.2) is 0 Å². The molecular weight excluding hydrogens is 344 g/mol. The Kier molecular flexibility index (Phi) is 13.9. The smallest absolute Gasteiger partial charge is 0.244 e. The summed E-state index contributed by atoms with van der Waals surface area (Å²) in [7, 11) is 0. The molecule has 0 radical (unpaired) electrons. The summed E-state index contributed by atoms with van der Waals surface area (Å²) >= 11 is 0. The highest BCUT2D eigenvalue weighted by atomic mass is 16.1. The van der Waals surface area contributed by atoms with Gasteiger partial charge in [0.05, 0.1) is 0 Å². The second kappa shape index (κ2) is 16.1. The van der Waals surface area contributed by atoms with Gasteiger partial charge in [-0.1, -0.05) is 63.3 Å². The molecule has 0 fully saturated rings. The topological polar surface area (TPSA) is 42.0 Å². The van der Waals surface area contributed by atoms with Gasteiger partial charge in [-0.2, -0.15) is 0 Å². The molecule has 1 aromatic rings. The Morgan fingerprint density at radius 1 is 1.11 bits per heavy atom. The molecule has 1 amide bonds. The molecule has 1 unspecified atom stereocenters. The number of aromatic nitrogens is 1. The fourth-order valence-electron chi connectivity index (χ4n) is 3.29. The number of nitrogens with one attached hydrogen (secondary N) is 1. The van der Waals surface area contributed by atoms with Gasteiger partial charge in [0.1, 0.15) is 0 Å². The summed E-state index contributed by atoms with van der Waals surface area (Å²) in [6.45, 7) is 6.55. The zero-order valence-corrected chi connectivity index (χ0v) is 18.3. The molecule has 3 nitrogen and oxygen atoms in total. The molecule has 156 valence electrons. The molecule has 0 aliphatic heterocycles. The molecule has 0 aliphatic rings. The number of hydrogen-bond acceptors (Lipinski definition) is 2. The van der Waals surface area contributed by atoms with E-state index < -0.39 is 0 Å². The number of amides is 1. The molecule has 28 heavy (non-hydrogen) atoms. The standard InChI is InChI=1S/C25H40N2O/c1-4-6-8-14-23(15-9-7-5-2)16-11-19-25(28)27-22(3)13-10-17-24-18-12-20-26-21-24/h11-12,16,18-22H,4-10,13-15,17H2,1-3H3,(H,27,28)/b19-11+. The van der Waals surface area contributed by atoms with Crippen LogP contribution in [0.4, 0.5) is 0 Å². The average Bonchev–Trinajstić information content (AvgIpc) is 2.68. The number of nitrogens with zero attached hydrogens (tertiary/aromatic N) is 1. The summed E-state index contributed by atoms with van der Waals surface area (Å²) in [4.78, 5) is 16.3. The molecular formula is C25H40N2O. The molecule has 0 aromatic carbocycles. The van der Waals surface area contributed by atoms with Crippen molar-refractivity contribution in [3.05, 3.63) is 53.9 Å². The van der Waals surface area contributed by atoms with Crippen molar-refractivity contribution in [1.82, 2.24) is 10.3 Å². The third-order valence-electron chi connectivity index (χ3n) is 5.00. The summed E-state index contributed by atoms with van der Waals surface area (Å²) in [5.41, 5.74) is 2.74. The van der Waals surface area contributed by atoms with Crippen LogP contribution in [-0.2, 0) is 11.2 Å². The molecule has 1 aromatic heterocycles. The minimum absolute atomic E-state index is 0.00611. The van der Waals surface area contributed by atoms with E-state index in [-0.39, 0.29) is 11.9 Å². The maximum absolute atomic E-state index is 12.2. The number of allylic oxidation sites excluding steroid dienone is 3. The summed E-state index contributed by atoms with van der Waals surface area (Å²) in [6, 6.07) is 4.26. The van der Waals surface area contributed by atoms with Crippen molar-refractivity contribution in [1.29, 1.82) is 0 Å². The summed E-state index contributed by atoms with van der Waals surface area (Å²) < 4.78 is 0. The first kappa shape index (κ1) is 24.1. The predicted octanol–water partition coefficient (Wildman–Crippen LogP) is 6.55. The SMILES string of the molecule is CCCCCC(=C/C=C/C(=O)NC(C)CCCc1cccnc1)CCCCC. The van der Waals surface area contributed by atoms with E-state index in [0.29, 0.717) is 0 Å². The van der Waals surface area contributed by atoms with Crippen LogP contribution >= 0.6 is 0 Å². The molecule has 0 spiro atoms. The highest BCUT2D eigenvalue weighted by molar-refractivity contribution is 5.87. The van der Waals surface area contributed by atoms with Crippen LogP contribution in [0.2, 0.25) is 0 Å². The third kappa shape index (κ3) is 12.5. The van der Waals surface area contributed by atoms with E-state index in [9.17, 15) is 4.79 Å². The molecule has 1 heterocycles. The fourth-order valence-corrected chi connectivity index (χ4v) is 3.29. The third-order valence-corrected chi connectivity index (χ3v) is 5.00. The van der Waals surface area contributed by atoms with E-state index >= 15 is 0 Å². The Labute approximate surface area is 172 Å². The van der Waals surface area contributed by atoms with E-state index in [4.69, 9.17) is 0 Å². The van der Waals surface area contributed by atoms with Gasteiger partial charge in [0.25, 0.3) is 0 Å². The van der Waals surface area contributed by atoms with Gasteiger partial charge >= 0.3 is 0 Å². The largest absolute Gasteiger partial charge is 0.350 e. The molecule has 1 atom stereocenters. The van der Waals surface area contributed by atoms with Gasteiger partial charge in [-0.3, -0.25) is 9.78 Å². The Hall–Kier alpha value is -1.90. The fraction of sp³-hybridized carbons (Fsp3) is 0.600. The lowest BCUT2D eigenvalue weighted by Gasteiger charge is -2.12. The average molecular weight is 385 g/mol. The minimum atomic E-state index is 0.00611. The highest BCUT2D eigenvalue weighted by Gasteiger charge is 2.05. The highest BCUT2D eigenvalue weighted by Crippen LogP contribution is 2.16. The van der Waals surface area contributed by atoms with Crippen molar-refractivity contribution < 1.29 is 4.79 Å². The van der Waals surface area contributed by atoms with Crippen molar-refractivity contribution in [3.8, 4) is 0 Å². The van der Waals surface area contributed by atoms with Crippen LogP contribution in [0.25, 0.3) is 0 Å². The second-order valence-corrected chi connectivity index (χ2v) is 7.76. The number of aryl methyl sites for hydroxylation is 1. The van der Waals surface area contributed by atoms with E-state index in [1.165, 1.54) is 49.7 Å². The van der Waals surface area contributed by atoms with Crippen LogP contribution in [0.3, 0.4) is 0 Å². The Bertz CT molecular complexity index is 565. The van der Waals surface area contributed by atoms with E-state index in [0.717, 1.165) is 32.1 Å². The van der Waals surface area contributed by atoms with Crippen LogP contribution in [0.1, 0.15) is 90.5 Å². The Balaban J connectivity index is 2.35. The first-order chi connectivity index (χ1) is 13.7. The van der Waals surface area contributed by atoms with Crippen molar-refractivity contribution in [3.63, 3.8) is 0 Å². The maximum Gasteiger partial charge on any atom is 0.244 e. The van der Waals surface area contributed by atoms with Crippen molar-refractivity contribution in [2.45, 2.75) is 97.4 Å². The number of unbranched alkanes of at least 4 members (excludes halogenated alkanes) is 4. The number of carbonyl (C=O) groups is 1. The van der Waals surface area contributed by atoms with Crippen LogP contribution < -0.4 is 5.32 Å². The van der Waals surface area contributed by atoms with Gasteiger partial charge < -0.3 is 5.32 Å². The summed E-state index contributed by atoms with van der Waals surface area (Å²) in [5.74, 6) is 0.00611. The zero-order valence-electron chi connectivity index (χ0n) is 18.3. The normalized spacial score (nSPS) is 12.1. The van der Waals surface area contributed by atoms with Crippen molar-refractivity contribution in [2.75, 3.05) is 0 Å². The number of pyridine rings is 1. The van der Waals surface area contributed by atoms with Crippen molar-refractivity contribution in [2.24, 2.45) is 0 Å². The van der Waals surface area contributed by atoms with Crippen LogP contribution in [-0.4, -0.2) is 16.9 Å². The molecule has 0 bridgehead atoms. The Morgan fingerprint density at radius 2 is 1.82 bits per heavy atom.